The molecule has 3 heteroatoms. The van der Waals surface area contributed by atoms with Crippen molar-refractivity contribution in [3.63, 3.8) is 0 Å². The van der Waals surface area contributed by atoms with Crippen LogP contribution in [0.1, 0.15) is 0 Å². The standard InChI is InChI=1S/C48H33N3/c1-4-15-35(16-5-1)49(36-17-6-2-7-18-36)38-28-30-39(31-29-38)51-44-24-12-10-21-41(44)42-32-27-34(33-47(42)51)40-23-14-26-46-48(40)43-22-11-13-25-45(43)50(46)37-19-8-3-9-20-37/h1-33H. The van der Waals surface area contributed by atoms with Gasteiger partial charge >= 0.3 is 0 Å². The first-order valence-corrected chi connectivity index (χ1v) is 17.5. The molecule has 10 rings (SSSR count). The zero-order chi connectivity index (χ0) is 33.7. The molecule has 0 aliphatic heterocycles. The molecule has 8 aromatic carbocycles. The number of hydrogen-bond donors (Lipinski definition) is 0. The smallest absolute Gasteiger partial charge is 0.0547 e. The first kappa shape index (κ1) is 29.1. The molecule has 0 N–H and O–H groups in total. The van der Waals surface area contributed by atoms with Gasteiger partial charge in [-0.05, 0) is 96.1 Å². The molecule has 0 amide bonds. The molecule has 2 heterocycles. The van der Waals surface area contributed by atoms with E-state index in [2.05, 4.69) is 214 Å². The van der Waals surface area contributed by atoms with Crippen LogP contribution in [0.2, 0.25) is 0 Å². The van der Waals surface area contributed by atoms with Crippen molar-refractivity contribution in [1.29, 1.82) is 0 Å². The van der Waals surface area contributed by atoms with Gasteiger partial charge in [-0.3, -0.25) is 0 Å². The van der Waals surface area contributed by atoms with Gasteiger partial charge in [0.05, 0.1) is 22.1 Å². The van der Waals surface area contributed by atoms with Gasteiger partial charge in [-0.1, -0.05) is 115 Å². The second-order valence-corrected chi connectivity index (χ2v) is 13.0. The zero-order valence-corrected chi connectivity index (χ0v) is 27.9. The maximum atomic E-state index is 2.42. The van der Waals surface area contributed by atoms with Gasteiger partial charge in [-0.15, -0.1) is 0 Å². The molecule has 240 valence electrons. The normalized spacial score (nSPS) is 11.5. The van der Waals surface area contributed by atoms with Crippen LogP contribution < -0.4 is 4.90 Å². The second-order valence-electron chi connectivity index (χ2n) is 13.0. The third-order valence-corrected chi connectivity index (χ3v) is 10.1. The quantitative estimate of drug-likeness (QED) is 0.174. The minimum absolute atomic E-state index is 1.11. The number of aromatic nitrogens is 2. The Balaban J connectivity index is 1.16. The van der Waals surface area contributed by atoms with Gasteiger partial charge in [-0.2, -0.15) is 0 Å². The lowest BCUT2D eigenvalue weighted by molar-refractivity contribution is 1.17. The van der Waals surface area contributed by atoms with Crippen molar-refractivity contribution in [3.05, 3.63) is 200 Å². The highest BCUT2D eigenvalue weighted by Gasteiger charge is 2.19. The van der Waals surface area contributed by atoms with Gasteiger partial charge < -0.3 is 14.0 Å². The molecule has 0 fully saturated rings. The fourth-order valence-electron chi connectivity index (χ4n) is 7.88. The molecule has 0 radical (unpaired) electrons. The Kier molecular flexibility index (Phi) is 6.81. The first-order valence-electron chi connectivity index (χ1n) is 17.5. The third kappa shape index (κ3) is 4.74. The summed E-state index contributed by atoms with van der Waals surface area (Å²) in [6.07, 6.45) is 0. The SMILES string of the molecule is c1ccc(N(c2ccccc2)c2ccc(-n3c4ccccc4c4ccc(-c5cccc6c5c5ccccc5n6-c5ccccc5)cc43)cc2)cc1. The molecular weight excluding hydrogens is 619 g/mol. The van der Waals surface area contributed by atoms with E-state index in [1.807, 2.05) is 0 Å². The predicted molar refractivity (Wildman–Crippen MR) is 215 cm³/mol. The lowest BCUT2D eigenvalue weighted by Crippen LogP contribution is -2.09. The Labute approximate surface area is 296 Å². The number of anilines is 3. The summed E-state index contributed by atoms with van der Waals surface area (Å²) >= 11 is 0. The molecule has 0 saturated heterocycles. The topological polar surface area (TPSA) is 13.1 Å². The molecule has 0 bridgehead atoms. The predicted octanol–water partition coefficient (Wildman–Crippen LogP) is 13.0. The largest absolute Gasteiger partial charge is 0.311 e. The van der Waals surface area contributed by atoms with E-state index in [1.165, 1.54) is 54.7 Å². The van der Waals surface area contributed by atoms with E-state index in [0.29, 0.717) is 0 Å². The number of fused-ring (bicyclic) bond motifs is 6. The Bertz CT molecular complexity index is 2790. The van der Waals surface area contributed by atoms with Crippen LogP contribution in [0.15, 0.2) is 200 Å². The van der Waals surface area contributed by atoms with Crippen LogP contribution in [0.3, 0.4) is 0 Å². The van der Waals surface area contributed by atoms with Crippen LogP contribution in [0.4, 0.5) is 17.1 Å². The Morgan fingerprint density at radius 2 is 0.804 bits per heavy atom. The minimum Gasteiger partial charge on any atom is -0.311 e. The van der Waals surface area contributed by atoms with Gasteiger partial charge in [0.2, 0.25) is 0 Å². The Morgan fingerprint density at radius 3 is 1.49 bits per heavy atom. The van der Waals surface area contributed by atoms with Crippen LogP contribution in [-0.4, -0.2) is 9.13 Å². The third-order valence-electron chi connectivity index (χ3n) is 10.1. The van der Waals surface area contributed by atoms with E-state index in [4.69, 9.17) is 0 Å². The number of para-hydroxylation sites is 5. The molecule has 3 nitrogen and oxygen atoms in total. The summed E-state index contributed by atoms with van der Waals surface area (Å²) in [4.78, 5) is 2.31. The van der Waals surface area contributed by atoms with E-state index in [0.717, 1.165) is 28.4 Å². The molecule has 2 aromatic heterocycles. The maximum absolute atomic E-state index is 2.42. The van der Waals surface area contributed by atoms with Crippen LogP contribution in [0.5, 0.6) is 0 Å². The van der Waals surface area contributed by atoms with Crippen LogP contribution in [0.25, 0.3) is 66.1 Å². The molecule has 0 saturated carbocycles. The minimum atomic E-state index is 1.11. The van der Waals surface area contributed by atoms with Crippen molar-refractivity contribution >= 4 is 60.7 Å². The van der Waals surface area contributed by atoms with Crippen molar-refractivity contribution in [2.45, 2.75) is 0 Å². The van der Waals surface area contributed by atoms with Crippen molar-refractivity contribution in [2.75, 3.05) is 4.90 Å². The monoisotopic (exact) mass is 651 g/mol. The summed E-state index contributed by atoms with van der Waals surface area (Å²) < 4.78 is 4.81. The highest BCUT2D eigenvalue weighted by molar-refractivity contribution is 6.17. The highest BCUT2D eigenvalue weighted by atomic mass is 15.1. The highest BCUT2D eigenvalue weighted by Crippen LogP contribution is 2.41. The van der Waals surface area contributed by atoms with Gasteiger partial charge in [0.25, 0.3) is 0 Å². The zero-order valence-electron chi connectivity index (χ0n) is 27.9. The van der Waals surface area contributed by atoms with Crippen molar-refractivity contribution in [2.24, 2.45) is 0 Å². The number of benzene rings is 8. The molecule has 0 unspecified atom stereocenters. The summed E-state index contributed by atoms with van der Waals surface area (Å²) in [6.45, 7) is 0. The fraction of sp³-hybridized carbons (Fsp3) is 0. The first-order chi connectivity index (χ1) is 25.3. The Morgan fingerprint density at radius 1 is 0.314 bits per heavy atom. The maximum Gasteiger partial charge on any atom is 0.0547 e. The molecule has 10 aromatic rings. The second kappa shape index (κ2) is 11.9. The number of rotatable bonds is 6. The van der Waals surface area contributed by atoms with Gasteiger partial charge in [0.1, 0.15) is 0 Å². The van der Waals surface area contributed by atoms with Crippen molar-refractivity contribution < 1.29 is 0 Å². The van der Waals surface area contributed by atoms with E-state index < -0.39 is 0 Å². The number of nitrogens with zero attached hydrogens (tertiary/aromatic N) is 3. The molecule has 0 aliphatic rings. The van der Waals surface area contributed by atoms with Gasteiger partial charge in [0.15, 0.2) is 0 Å². The van der Waals surface area contributed by atoms with E-state index in [9.17, 15) is 0 Å². The Hall–Kier alpha value is -6.84. The summed E-state index contributed by atoms with van der Waals surface area (Å²) in [5.74, 6) is 0. The fourth-order valence-corrected chi connectivity index (χ4v) is 7.88. The van der Waals surface area contributed by atoms with Crippen LogP contribution in [0, 0.1) is 0 Å². The van der Waals surface area contributed by atoms with E-state index in [-0.39, 0.29) is 0 Å². The lowest BCUT2D eigenvalue weighted by atomic mass is 9.98. The summed E-state index contributed by atoms with van der Waals surface area (Å²) in [5, 5.41) is 5.01. The molecule has 0 spiro atoms. The molecule has 0 atom stereocenters. The molecule has 51 heavy (non-hydrogen) atoms. The van der Waals surface area contributed by atoms with E-state index >= 15 is 0 Å². The average Bonchev–Trinajstić information content (AvgIpc) is 3.72. The number of hydrogen-bond acceptors (Lipinski definition) is 1. The summed E-state index contributed by atoms with van der Waals surface area (Å²) in [7, 11) is 0. The van der Waals surface area contributed by atoms with Crippen LogP contribution in [-0.2, 0) is 0 Å². The average molecular weight is 652 g/mol. The summed E-state index contributed by atoms with van der Waals surface area (Å²) in [5.41, 5.74) is 12.9. The van der Waals surface area contributed by atoms with Gasteiger partial charge in [-0.25, -0.2) is 0 Å². The molecule has 0 aliphatic carbocycles. The molecular formula is C48H33N3. The van der Waals surface area contributed by atoms with Crippen LogP contribution >= 0.6 is 0 Å². The summed E-state index contributed by atoms with van der Waals surface area (Å²) in [6, 6.07) is 72.0. The lowest BCUT2D eigenvalue weighted by Gasteiger charge is -2.25. The van der Waals surface area contributed by atoms with Gasteiger partial charge in [0, 0.05) is 50.0 Å². The van der Waals surface area contributed by atoms with Crippen molar-refractivity contribution in [3.8, 4) is 22.5 Å². The van der Waals surface area contributed by atoms with E-state index in [1.54, 1.807) is 0 Å². The van der Waals surface area contributed by atoms with Crippen molar-refractivity contribution in [1.82, 2.24) is 9.13 Å².